The minimum Gasteiger partial charge on any atom is -0.405 e. The van der Waals surface area contributed by atoms with Crippen LogP contribution in [0.2, 0.25) is 0 Å². The van der Waals surface area contributed by atoms with Gasteiger partial charge in [-0.2, -0.15) is 4.31 Å². The van der Waals surface area contributed by atoms with Crippen LogP contribution in [-0.2, 0) is 14.8 Å². The van der Waals surface area contributed by atoms with E-state index in [4.69, 9.17) is 15.7 Å². The molecule has 1 aliphatic rings. The Hall–Kier alpha value is -5.07. The minimum atomic E-state index is -3.77. The molecule has 228 valence electrons. The molecular weight excluding hydrogens is 585 g/mol. The van der Waals surface area contributed by atoms with Gasteiger partial charge in [0.2, 0.25) is 15.9 Å². The van der Waals surface area contributed by atoms with Crippen LogP contribution >= 0.6 is 0 Å². The highest BCUT2D eigenvalue weighted by molar-refractivity contribution is 7.94. The van der Waals surface area contributed by atoms with Gasteiger partial charge in [-0.1, -0.05) is 67.8 Å². The normalized spacial score (nSPS) is 15.5. The summed E-state index contributed by atoms with van der Waals surface area (Å²) in [5.41, 5.74) is 9.95. The summed E-state index contributed by atoms with van der Waals surface area (Å²) in [6.45, 7) is 8.39. The number of benzene rings is 2. The van der Waals surface area contributed by atoms with Gasteiger partial charge in [0.15, 0.2) is 13.7 Å². The van der Waals surface area contributed by atoms with Crippen molar-refractivity contribution in [1.29, 1.82) is 0 Å². The Morgan fingerprint density at radius 2 is 1.87 bits per heavy atom. The molecule has 2 aromatic heterocycles. The molecule has 3 heterocycles. The quantitative estimate of drug-likeness (QED) is 0.168. The van der Waals surface area contributed by atoms with E-state index in [9.17, 15) is 13.2 Å². The predicted octanol–water partition coefficient (Wildman–Crippen LogP) is 4.19. The lowest BCUT2D eigenvalue weighted by molar-refractivity contribution is -0.119. The lowest BCUT2D eigenvalue weighted by atomic mass is 10.0. The van der Waals surface area contributed by atoms with Crippen LogP contribution in [0.1, 0.15) is 12.8 Å². The van der Waals surface area contributed by atoms with Gasteiger partial charge >= 0.3 is 0 Å². The van der Waals surface area contributed by atoms with E-state index in [1.54, 1.807) is 18.3 Å². The van der Waals surface area contributed by atoms with Crippen LogP contribution in [0, 0.1) is 0 Å². The summed E-state index contributed by atoms with van der Waals surface area (Å²) >= 11 is 0. The number of anilines is 2. The highest BCUT2D eigenvalue weighted by Crippen LogP contribution is 2.34. The highest BCUT2D eigenvalue weighted by Gasteiger charge is 2.38. The van der Waals surface area contributed by atoms with Crippen molar-refractivity contribution in [1.82, 2.24) is 19.3 Å². The van der Waals surface area contributed by atoms with Gasteiger partial charge in [-0.15, -0.1) is 0 Å². The molecule has 1 saturated heterocycles. The standard InChI is InChI=1S/C33H34BN7O3S/c1-22(10-6-7-16-35)19-37-32-30-27(24-11-4-3-5-12-24)13-8-14-28(30)39-31(40-32)25-18-26(21-36-20-25)38-33(42)29-15-9-17-41(29)45(43,44)23(2)34/h3-8,10-14,16,18,20-21,29H,1-2,9,15,17,19,34-35H2,(H,38,42)(H,37,39,40)/b10-6-,16-7-/t29-/m0/s1. The van der Waals surface area contributed by atoms with Crippen LogP contribution in [0.4, 0.5) is 11.5 Å². The third-order valence-corrected chi connectivity index (χ3v) is 9.30. The molecule has 45 heavy (non-hydrogen) atoms. The van der Waals surface area contributed by atoms with Gasteiger partial charge in [0.05, 0.1) is 22.8 Å². The lowest BCUT2D eigenvalue weighted by Gasteiger charge is -2.23. The molecule has 0 unspecified atom stereocenters. The van der Waals surface area contributed by atoms with Gasteiger partial charge < -0.3 is 16.4 Å². The molecule has 0 aliphatic carbocycles. The molecule has 4 aromatic rings. The molecular formula is C33H34BN7O3S. The van der Waals surface area contributed by atoms with Crippen molar-refractivity contribution in [3.8, 4) is 22.5 Å². The zero-order valence-corrected chi connectivity index (χ0v) is 25.8. The number of pyridine rings is 1. The molecule has 0 radical (unpaired) electrons. The molecule has 4 N–H and O–H groups in total. The summed E-state index contributed by atoms with van der Waals surface area (Å²) in [6.07, 6.45) is 11.0. The number of carbonyl (C=O) groups excluding carboxylic acids is 1. The molecule has 1 atom stereocenters. The molecule has 12 heteroatoms. The number of hydrogen-bond donors (Lipinski definition) is 3. The van der Waals surface area contributed by atoms with E-state index in [2.05, 4.69) is 28.8 Å². The van der Waals surface area contributed by atoms with E-state index in [0.29, 0.717) is 42.3 Å². The first-order valence-corrected chi connectivity index (χ1v) is 15.9. The molecule has 0 saturated carbocycles. The van der Waals surface area contributed by atoms with Crippen molar-refractivity contribution in [2.24, 2.45) is 5.73 Å². The minimum absolute atomic E-state index is 0.00569. The number of amides is 1. The zero-order chi connectivity index (χ0) is 32.0. The molecule has 1 amide bonds. The number of nitrogens with one attached hydrogen (secondary N) is 2. The van der Waals surface area contributed by atoms with Gasteiger partial charge in [0, 0.05) is 29.7 Å². The lowest BCUT2D eigenvalue weighted by Crippen LogP contribution is -2.43. The Balaban J connectivity index is 1.49. The zero-order valence-electron chi connectivity index (χ0n) is 25.0. The number of carbonyl (C=O) groups is 1. The second kappa shape index (κ2) is 13.7. The van der Waals surface area contributed by atoms with Gasteiger partial charge in [0.1, 0.15) is 11.9 Å². The van der Waals surface area contributed by atoms with Gasteiger partial charge in [0.25, 0.3) is 0 Å². The van der Waals surface area contributed by atoms with Crippen LogP contribution in [-0.4, -0.2) is 60.6 Å². The molecule has 2 aromatic carbocycles. The van der Waals surface area contributed by atoms with Crippen molar-refractivity contribution in [3.05, 3.63) is 115 Å². The van der Waals surface area contributed by atoms with E-state index in [0.717, 1.165) is 27.6 Å². The second-order valence-corrected chi connectivity index (χ2v) is 12.8. The van der Waals surface area contributed by atoms with Crippen LogP contribution in [0.25, 0.3) is 33.4 Å². The summed E-state index contributed by atoms with van der Waals surface area (Å²) in [4.78, 5) is 27.4. The third kappa shape index (κ3) is 7.03. The van der Waals surface area contributed by atoms with Crippen molar-refractivity contribution in [2.75, 3.05) is 23.7 Å². The fourth-order valence-electron chi connectivity index (χ4n) is 5.16. The Kier molecular flexibility index (Phi) is 9.55. The fraction of sp³-hybridized carbons (Fsp3) is 0.152. The summed E-state index contributed by atoms with van der Waals surface area (Å²) < 4.78 is 26.7. The van der Waals surface area contributed by atoms with E-state index < -0.39 is 22.0 Å². The van der Waals surface area contributed by atoms with Crippen LogP contribution in [0.5, 0.6) is 0 Å². The van der Waals surface area contributed by atoms with Gasteiger partial charge in [-0.05, 0) is 54.0 Å². The molecule has 0 bridgehead atoms. The maximum absolute atomic E-state index is 13.2. The number of allylic oxidation sites excluding steroid dienone is 2. The fourth-order valence-corrected chi connectivity index (χ4v) is 6.46. The Morgan fingerprint density at radius 1 is 1.07 bits per heavy atom. The average molecular weight is 620 g/mol. The first-order chi connectivity index (χ1) is 21.7. The summed E-state index contributed by atoms with van der Waals surface area (Å²) in [7, 11) is -2.34. The predicted molar refractivity (Wildman–Crippen MR) is 183 cm³/mol. The van der Waals surface area contributed by atoms with E-state index in [1.165, 1.54) is 24.5 Å². The smallest absolute Gasteiger partial charge is 0.242 e. The van der Waals surface area contributed by atoms with E-state index >= 15 is 0 Å². The van der Waals surface area contributed by atoms with Gasteiger partial charge in [-0.25, -0.2) is 18.4 Å². The van der Waals surface area contributed by atoms with Crippen LogP contribution < -0.4 is 16.4 Å². The molecule has 1 aliphatic heterocycles. The average Bonchev–Trinajstić information content (AvgIpc) is 3.55. The molecule has 0 spiro atoms. The number of fused-ring (bicyclic) bond motifs is 1. The number of nitrogens with two attached hydrogens (primary N) is 1. The van der Waals surface area contributed by atoms with Crippen LogP contribution in [0.3, 0.4) is 0 Å². The highest BCUT2D eigenvalue weighted by atomic mass is 32.2. The van der Waals surface area contributed by atoms with Crippen molar-refractivity contribution >= 4 is 46.2 Å². The molecule has 10 nitrogen and oxygen atoms in total. The largest absolute Gasteiger partial charge is 0.405 e. The van der Waals surface area contributed by atoms with Crippen molar-refractivity contribution < 1.29 is 13.2 Å². The Labute approximate surface area is 264 Å². The van der Waals surface area contributed by atoms with Crippen molar-refractivity contribution in [3.63, 3.8) is 0 Å². The van der Waals surface area contributed by atoms with Gasteiger partial charge in [-0.3, -0.25) is 9.78 Å². The first kappa shape index (κ1) is 31.4. The van der Waals surface area contributed by atoms with Crippen LogP contribution in [0.15, 0.2) is 115 Å². The number of nitrogens with zero attached hydrogens (tertiary/aromatic N) is 4. The second-order valence-electron chi connectivity index (χ2n) is 10.6. The summed E-state index contributed by atoms with van der Waals surface area (Å²) in [5.74, 6) is 0.583. The Morgan fingerprint density at radius 3 is 2.62 bits per heavy atom. The topological polar surface area (TPSA) is 143 Å². The Bertz CT molecular complexity index is 1930. The number of rotatable bonds is 11. The number of sulfonamides is 1. The monoisotopic (exact) mass is 619 g/mol. The van der Waals surface area contributed by atoms with E-state index in [-0.39, 0.29) is 11.3 Å². The number of aromatic nitrogens is 3. The third-order valence-electron chi connectivity index (χ3n) is 7.36. The van der Waals surface area contributed by atoms with E-state index in [1.807, 2.05) is 60.7 Å². The first-order valence-electron chi connectivity index (χ1n) is 14.5. The summed E-state index contributed by atoms with van der Waals surface area (Å²) in [6, 6.07) is 16.8. The molecule has 5 rings (SSSR count). The summed E-state index contributed by atoms with van der Waals surface area (Å²) in [5, 5.41) is 7.12. The maximum atomic E-state index is 13.2. The maximum Gasteiger partial charge on any atom is 0.242 e. The number of hydrogen-bond acceptors (Lipinski definition) is 8. The SMILES string of the molecule is BC(=C)S(=O)(=O)N1CCC[C@H]1C(=O)Nc1cncc(-c2nc(NCC(=C)/C=C\C=C/N)c3c(-c4ccccc4)cccc3n2)c1. The van der Waals surface area contributed by atoms with Crippen molar-refractivity contribution in [2.45, 2.75) is 18.9 Å². The molecule has 1 fully saturated rings.